The molecule has 0 bridgehead atoms. The fraction of sp³-hybridized carbons (Fsp3) is 0.500. The Labute approximate surface area is 186 Å². The highest BCUT2D eigenvalue weighted by atomic mass is 35.5. The fourth-order valence-corrected chi connectivity index (χ4v) is 3.68. The second-order valence-corrected chi connectivity index (χ2v) is 7.96. The van der Waals surface area contributed by atoms with Gasteiger partial charge < -0.3 is 20.5 Å². The molecular weight excluding hydrogens is 423 g/mol. The predicted octanol–water partition coefficient (Wildman–Crippen LogP) is 3.60. The van der Waals surface area contributed by atoms with Crippen LogP contribution < -0.4 is 10.6 Å². The molecule has 7 nitrogen and oxygen atoms in total. The van der Waals surface area contributed by atoms with Gasteiger partial charge in [0.25, 0.3) is 0 Å². The molecule has 1 atom stereocenters. The van der Waals surface area contributed by atoms with Crippen molar-refractivity contribution in [3.8, 4) is 0 Å². The van der Waals surface area contributed by atoms with E-state index in [1.807, 2.05) is 0 Å². The lowest BCUT2D eigenvalue weighted by Crippen LogP contribution is -2.37. The number of carboxylic acids is 1. The van der Waals surface area contributed by atoms with Crippen molar-refractivity contribution in [2.75, 3.05) is 25.1 Å². The molecule has 2 aromatic rings. The molecule has 0 aromatic carbocycles. The van der Waals surface area contributed by atoms with E-state index in [9.17, 15) is 14.3 Å². The average molecular weight is 451 g/mol. The molecule has 9 heteroatoms. The van der Waals surface area contributed by atoms with Gasteiger partial charge in [-0.15, -0.1) is 0 Å². The minimum Gasteiger partial charge on any atom is -0.480 e. The standard InChI is InChI=1S/C22H28ClFN4O3/c23-18-13-25-14-19(24)17(18)12-27-20(22(29)30)8-11-31-10-2-1-5-16-7-6-15-4-3-9-26-21(15)28-16/h6-7,13-14,20,27H,1-5,8-12H2,(H,26,28)(H,29,30). The molecule has 0 spiro atoms. The molecule has 168 valence electrons. The maximum Gasteiger partial charge on any atom is 0.320 e. The Morgan fingerprint density at radius 3 is 3.00 bits per heavy atom. The largest absolute Gasteiger partial charge is 0.480 e. The van der Waals surface area contributed by atoms with E-state index in [2.05, 4.69) is 32.7 Å². The Bertz CT molecular complexity index is 864. The van der Waals surface area contributed by atoms with Gasteiger partial charge >= 0.3 is 5.97 Å². The van der Waals surface area contributed by atoms with Crippen molar-refractivity contribution in [3.63, 3.8) is 0 Å². The van der Waals surface area contributed by atoms with Crippen LogP contribution in [0.1, 0.15) is 42.5 Å². The van der Waals surface area contributed by atoms with Crippen LogP contribution in [0, 0.1) is 5.82 Å². The van der Waals surface area contributed by atoms with Crippen molar-refractivity contribution in [2.24, 2.45) is 0 Å². The second kappa shape index (κ2) is 11.9. The number of fused-ring (bicyclic) bond motifs is 1. The van der Waals surface area contributed by atoms with Crippen LogP contribution in [0.25, 0.3) is 0 Å². The summed E-state index contributed by atoms with van der Waals surface area (Å²) < 4.78 is 19.4. The zero-order chi connectivity index (χ0) is 22.1. The van der Waals surface area contributed by atoms with Gasteiger partial charge in [-0.1, -0.05) is 17.7 Å². The molecule has 2 aromatic heterocycles. The van der Waals surface area contributed by atoms with Crippen LogP contribution in [0.3, 0.4) is 0 Å². The van der Waals surface area contributed by atoms with Gasteiger partial charge in [0, 0.05) is 43.8 Å². The highest BCUT2D eigenvalue weighted by molar-refractivity contribution is 6.31. The van der Waals surface area contributed by atoms with Gasteiger partial charge in [0.15, 0.2) is 0 Å². The Morgan fingerprint density at radius 2 is 2.19 bits per heavy atom. The Hall–Kier alpha value is -2.29. The quantitative estimate of drug-likeness (QED) is 0.425. The molecule has 1 aliphatic rings. The Morgan fingerprint density at radius 1 is 1.32 bits per heavy atom. The summed E-state index contributed by atoms with van der Waals surface area (Å²) in [5, 5.41) is 15.7. The molecule has 3 N–H and O–H groups in total. The molecule has 0 amide bonds. The van der Waals surface area contributed by atoms with E-state index in [0.29, 0.717) is 13.2 Å². The molecule has 0 saturated heterocycles. The number of nitrogens with one attached hydrogen (secondary N) is 2. The van der Waals surface area contributed by atoms with E-state index in [-0.39, 0.29) is 23.6 Å². The van der Waals surface area contributed by atoms with Gasteiger partial charge in [-0.2, -0.15) is 0 Å². The van der Waals surface area contributed by atoms with Crippen LogP contribution in [0.4, 0.5) is 10.2 Å². The van der Waals surface area contributed by atoms with Gasteiger partial charge in [0.05, 0.1) is 11.2 Å². The molecule has 3 rings (SSSR count). The number of unbranched alkanes of at least 4 members (excludes halogenated alkanes) is 1. The van der Waals surface area contributed by atoms with Crippen molar-refractivity contribution < 1.29 is 19.0 Å². The third kappa shape index (κ3) is 7.12. The Kier molecular flexibility index (Phi) is 8.99. The van der Waals surface area contributed by atoms with E-state index in [0.717, 1.165) is 56.4 Å². The summed E-state index contributed by atoms with van der Waals surface area (Å²) in [5.41, 5.74) is 2.56. The van der Waals surface area contributed by atoms with Crippen LogP contribution in [-0.2, 0) is 28.9 Å². The van der Waals surface area contributed by atoms with E-state index >= 15 is 0 Å². The lowest BCUT2D eigenvalue weighted by atomic mass is 10.1. The van der Waals surface area contributed by atoms with Crippen LogP contribution in [0.5, 0.6) is 0 Å². The van der Waals surface area contributed by atoms with Crippen molar-refractivity contribution >= 4 is 23.4 Å². The third-order valence-corrected chi connectivity index (χ3v) is 5.58. The van der Waals surface area contributed by atoms with Crippen LogP contribution in [-0.4, -0.2) is 46.8 Å². The molecule has 31 heavy (non-hydrogen) atoms. The maximum atomic E-state index is 13.8. The minimum absolute atomic E-state index is 0.00673. The van der Waals surface area contributed by atoms with E-state index in [4.69, 9.17) is 16.3 Å². The second-order valence-electron chi connectivity index (χ2n) is 7.55. The molecule has 0 fully saturated rings. The number of carboxylic acid groups (broad SMARTS) is 1. The van der Waals surface area contributed by atoms with Crippen molar-refractivity contribution in [2.45, 2.75) is 51.1 Å². The summed E-state index contributed by atoms with van der Waals surface area (Å²) in [6.07, 6.45) is 7.60. The summed E-state index contributed by atoms with van der Waals surface area (Å²) in [6, 6.07) is 3.40. The molecular formula is C22H28ClFN4O3. The van der Waals surface area contributed by atoms with E-state index in [1.54, 1.807) is 0 Å². The van der Waals surface area contributed by atoms with Crippen LogP contribution in [0.15, 0.2) is 24.5 Å². The zero-order valence-corrected chi connectivity index (χ0v) is 18.1. The first-order valence-electron chi connectivity index (χ1n) is 10.6. The number of ether oxygens (including phenoxy) is 1. The van der Waals surface area contributed by atoms with Gasteiger partial charge in [-0.05, 0) is 50.2 Å². The molecule has 3 heterocycles. The number of aryl methyl sites for hydroxylation is 2. The van der Waals surface area contributed by atoms with Crippen molar-refractivity contribution in [1.82, 2.24) is 15.3 Å². The molecule has 0 radical (unpaired) electrons. The average Bonchev–Trinajstić information content (AvgIpc) is 2.76. The number of rotatable bonds is 12. The maximum absolute atomic E-state index is 13.8. The summed E-state index contributed by atoms with van der Waals surface area (Å²) in [6.45, 7) is 1.85. The highest BCUT2D eigenvalue weighted by Crippen LogP contribution is 2.20. The van der Waals surface area contributed by atoms with E-state index < -0.39 is 17.8 Å². The smallest absolute Gasteiger partial charge is 0.320 e. The first kappa shape index (κ1) is 23.4. The normalized spacial score (nSPS) is 14.0. The number of carbonyl (C=O) groups is 1. The number of aromatic nitrogens is 2. The molecule has 0 aliphatic carbocycles. The molecule has 0 saturated carbocycles. The lowest BCUT2D eigenvalue weighted by Gasteiger charge is -2.17. The summed E-state index contributed by atoms with van der Waals surface area (Å²) >= 11 is 5.92. The van der Waals surface area contributed by atoms with Crippen molar-refractivity contribution in [1.29, 1.82) is 0 Å². The van der Waals surface area contributed by atoms with E-state index in [1.165, 1.54) is 11.8 Å². The monoisotopic (exact) mass is 450 g/mol. The molecule has 1 unspecified atom stereocenters. The van der Waals surface area contributed by atoms with Gasteiger partial charge in [-0.3, -0.25) is 9.78 Å². The minimum atomic E-state index is -1.01. The summed E-state index contributed by atoms with van der Waals surface area (Å²) in [7, 11) is 0. The predicted molar refractivity (Wildman–Crippen MR) is 117 cm³/mol. The van der Waals surface area contributed by atoms with Gasteiger partial charge in [0.1, 0.15) is 17.7 Å². The third-order valence-electron chi connectivity index (χ3n) is 5.25. The van der Waals surface area contributed by atoms with Crippen molar-refractivity contribution in [3.05, 3.63) is 52.2 Å². The summed E-state index contributed by atoms with van der Waals surface area (Å²) in [4.78, 5) is 19.8. The summed E-state index contributed by atoms with van der Waals surface area (Å²) in [5.74, 6) is -0.564. The SMILES string of the molecule is O=C(O)C(CCOCCCCc1ccc2c(n1)NCCC2)NCc1c(F)cncc1Cl. The van der Waals surface area contributed by atoms with Gasteiger partial charge in [-0.25, -0.2) is 9.37 Å². The topological polar surface area (TPSA) is 96.4 Å². The first-order chi connectivity index (χ1) is 15.0. The Balaban J connectivity index is 1.32. The van der Waals surface area contributed by atoms with Crippen LogP contribution >= 0.6 is 11.6 Å². The molecule has 1 aliphatic heterocycles. The number of halogens is 2. The number of hydrogen-bond donors (Lipinski definition) is 3. The first-order valence-corrected chi connectivity index (χ1v) is 11.0. The van der Waals surface area contributed by atoms with Crippen LogP contribution in [0.2, 0.25) is 5.02 Å². The van der Waals surface area contributed by atoms with Gasteiger partial charge in [0.2, 0.25) is 0 Å². The number of nitrogens with zero attached hydrogens (tertiary/aromatic N) is 2. The zero-order valence-electron chi connectivity index (χ0n) is 17.4. The number of anilines is 1. The number of aliphatic carboxylic acids is 1. The number of pyridine rings is 2. The number of hydrogen-bond acceptors (Lipinski definition) is 6. The highest BCUT2D eigenvalue weighted by Gasteiger charge is 2.18. The fourth-order valence-electron chi connectivity index (χ4n) is 3.47. The lowest BCUT2D eigenvalue weighted by molar-refractivity contribution is -0.140.